The van der Waals surface area contributed by atoms with Crippen molar-refractivity contribution in [3.8, 4) is 0 Å². The van der Waals surface area contributed by atoms with Crippen LogP contribution >= 0.6 is 11.6 Å². The lowest BCUT2D eigenvalue weighted by atomic mass is 10.2. The van der Waals surface area contributed by atoms with Gasteiger partial charge in [-0.15, -0.1) is 0 Å². The second-order valence-electron chi connectivity index (χ2n) is 4.09. The third-order valence-electron chi connectivity index (χ3n) is 2.66. The molecule has 1 amide bonds. The van der Waals surface area contributed by atoms with Crippen LogP contribution in [0.25, 0.3) is 0 Å². The van der Waals surface area contributed by atoms with Crippen molar-refractivity contribution in [1.29, 1.82) is 0 Å². The highest BCUT2D eigenvalue weighted by Gasteiger charge is 2.11. The fourth-order valence-electron chi connectivity index (χ4n) is 1.68. The van der Waals surface area contributed by atoms with Gasteiger partial charge in [-0.1, -0.05) is 29.8 Å². The van der Waals surface area contributed by atoms with Gasteiger partial charge in [0.05, 0.1) is 6.20 Å². The lowest BCUT2D eigenvalue weighted by Gasteiger charge is -2.08. The van der Waals surface area contributed by atoms with E-state index < -0.39 is 5.82 Å². The molecule has 1 aromatic carbocycles. The van der Waals surface area contributed by atoms with Crippen LogP contribution in [0.5, 0.6) is 0 Å². The number of rotatable bonds is 3. The van der Waals surface area contributed by atoms with E-state index in [-0.39, 0.29) is 11.6 Å². The van der Waals surface area contributed by atoms with Crippen LogP contribution in [0.4, 0.5) is 4.39 Å². The molecule has 0 saturated carbocycles. The molecule has 0 atom stereocenters. The highest BCUT2D eigenvalue weighted by atomic mass is 35.5. The summed E-state index contributed by atoms with van der Waals surface area (Å²) in [6, 6.07) is 8.52. The van der Waals surface area contributed by atoms with E-state index in [1.807, 2.05) is 18.2 Å². The minimum Gasteiger partial charge on any atom is -0.347 e. The zero-order chi connectivity index (χ0) is 13.8. The molecular weight excluding hydrogens is 267 g/mol. The zero-order valence-electron chi connectivity index (χ0n) is 10.3. The van der Waals surface area contributed by atoms with Gasteiger partial charge in [-0.2, -0.15) is 0 Å². The molecule has 19 heavy (non-hydrogen) atoms. The van der Waals surface area contributed by atoms with Crippen molar-refractivity contribution < 1.29 is 9.18 Å². The fraction of sp³-hybridized carbons (Fsp3) is 0.143. The summed E-state index contributed by atoms with van der Waals surface area (Å²) < 4.78 is 12.9. The summed E-state index contributed by atoms with van der Waals surface area (Å²) in [5.41, 5.74) is 1.53. The maximum absolute atomic E-state index is 12.9. The summed E-state index contributed by atoms with van der Waals surface area (Å²) in [5, 5.41) is 3.30. The average Bonchev–Trinajstić information content (AvgIpc) is 2.37. The van der Waals surface area contributed by atoms with Crippen molar-refractivity contribution in [3.63, 3.8) is 0 Å². The van der Waals surface area contributed by atoms with Crippen molar-refractivity contribution >= 4 is 17.5 Å². The monoisotopic (exact) mass is 278 g/mol. The third-order valence-corrected chi connectivity index (χ3v) is 3.03. The molecule has 3 nitrogen and oxygen atoms in total. The number of aryl methyl sites for hydroxylation is 1. The number of nitrogens with one attached hydrogen (secondary N) is 1. The Morgan fingerprint density at radius 1 is 1.42 bits per heavy atom. The first-order valence-corrected chi connectivity index (χ1v) is 6.09. The summed E-state index contributed by atoms with van der Waals surface area (Å²) in [6.45, 7) is 1.94. The molecule has 0 fully saturated rings. The lowest BCUT2D eigenvalue weighted by molar-refractivity contribution is 0.0945. The zero-order valence-corrected chi connectivity index (χ0v) is 11.0. The Bertz CT molecular complexity index is 616. The van der Waals surface area contributed by atoms with Crippen LogP contribution in [0, 0.1) is 12.7 Å². The predicted octanol–water partition coefficient (Wildman–Crippen LogP) is 3.11. The second-order valence-corrected chi connectivity index (χ2v) is 4.50. The molecule has 1 aromatic heterocycles. The standard InChI is InChI=1S/C14H12ClFN2O/c1-9-6-11(16)8-17-13(9)14(19)18-7-10-4-2-3-5-12(10)15/h2-6,8H,7H2,1H3,(H,18,19). The summed E-state index contributed by atoms with van der Waals surface area (Å²) in [6.07, 6.45) is 1.03. The number of hydrogen-bond donors (Lipinski definition) is 1. The largest absolute Gasteiger partial charge is 0.347 e. The van der Waals surface area contributed by atoms with Crippen LogP contribution < -0.4 is 5.32 Å². The van der Waals surface area contributed by atoms with Gasteiger partial charge in [0.1, 0.15) is 11.5 Å². The first kappa shape index (κ1) is 13.5. The molecule has 0 bridgehead atoms. The SMILES string of the molecule is Cc1cc(F)cnc1C(=O)NCc1ccccc1Cl. The number of hydrogen-bond acceptors (Lipinski definition) is 2. The van der Waals surface area contributed by atoms with Crippen LogP contribution in [0.15, 0.2) is 36.5 Å². The Morgan fingerprint density at radius 2 is 2.16 bits per heavy atom. The summed E-state index contributed by atoms with van der Waals surface area (Å²) >= 11 is 5.99. The van der Waals surface area contributed by atoms with Crippen molar-refractivity contribution in [3.05, 3.63) is 64.2 Å². The van der Waals surface area contributed by atoms with Crippen LogP contribution in [0.3, 0.4) is 0 Å². The van der Waals surface area contributed by atoms with Crippen molar-refractivity contribution in [1.82, 2.24) is 10.3 Å². The number of halogens is 2. The first-order valence-electron chi connectivity index (χ1n) is 5.71. The number of amides is 1. The molecule has 1 heterocycles. The molecule has 0 unspecified atom stereocenters. The molecule has 0 radical (unpaired) electrons. The van der Waals surface area contributed by atoms with Crippen molar-refractivity contribution in [2.24, 2.45) is 0 Å². The number of benzene rings is 1. The third kappa shape index (κ3) is 3.29. The predicted molar refractivity (Wildman–Crippen MR) is 71.6 cm³/mol. The van der Waals surface area contributed by atoms with Gasteiger partial charge in [-0.25, -0.2) is 9.37 Å². The van der Waals surface area contributed by atoms with E-state index in [1.54, 1.807) is 13.0 Å². The molecule has 1 N–H and O–H groups in total. The van der Waals surface area contributed by atoms with E-state index in [0.29, 0.717) is 17.1 Å². The van der Waals surface area contributed by atoms with Gasteiger partial charge in [-0.05, 0) is 30.2 Å². The Hall–Kier alpha value is -1.94. The van der Waals surface area contributed by atoms with Gasteiger partial charge in [-0.3, -0.25) is 4.79 Å². The quantitative estimate of drug-likeness (QED) is 0.937. The van der Waals surface area contributed by atoms with Gasteiger partial charge in [0.25, 0.3) is 5.91 Å². The van der Waals surface area contributed by atoms with Crippen molar-refractivity contribution in [2.45, 2.75) is 13.5 Å². The molecule has 0 aliphatic rings. The van der Waals surface area contributed by atoms with Crippen LogP contribution in [0.1, 0.15) is 21.6 Å². The van der Waals surface area contributed by atoms with Crippen molar-refractivity contribution in [2.75, 3.05) is 0 Å². The van der Waals surface area contributed by atoms with Gasteiger partial charge >= 0.3 is 0 Å². The van der Waals surface area contributed by atoms with Crippen LogP contribution in [-0.2, 0) is 6.54 Å². The Kier molecular flexibility index (Phi) is 4.12. The highest BCUT2D eigenvalue weighted by Crippen LogP contribution is 2.14. The van der Waals surface area contributed by atoms with E-state index >= 15 is 0 Å². The van der Waals surface area contributed by atoms with E-state index in [9.17, 15) is 9.18 Å². The topological polar surface area (TPSA) is 42.0 Å². The van der Waals surface area contributed by atoms with Gasteiger partial charge in [0, 0.05) is 11.6 Å². The van der Waals surface area contributed by atoms with E-state index in [4.69, 9.17) is 11.6 Å². The normalized spacial score (nSPS) is 10.3. The van der Waals surface area contributed by atoms with Gasteiger partial charge in [0.2, 0.25) is 0 Å². The Morgan fingerprint density at radius 3 is 2.84 bits per heavy atom. The summed E-state index contributed by atoms with van der Waals surface area (Å²) in [4.78, 5) is 15.7. The number of pyridine rings is 1. The van der Waals surface area contributed by atoms with E-state index in [2.05, 4.69) is 10.3 Å². The Balaban J connectivity index is 2.08. The van der Waals surface area contributed by atoms with Crippen LogP contribution in [0.2, 0.25) is 5.02 Å². The lowest BCUT2D eigenvalue weighted by Crippen LogP contribution is -2.24. The van der Waals surface area contributed by atoms with E-state index in [0.717, 1.165) is 11.8 Å². The fourth-order valence-corrected chi connectivity index (χ4v) is 1.88. The molecule has 2 aromatic rings. The maximum Gasteiger partial charge on any atom is 0.270 e. The number of carbonyl (C=O) groups is 1. The molecule has 0 spiro atoms. The van der Waals surface area contributed by atoms with Gasteiger partial charge in [0.15, 0.2) is 0 Å². The number of carbonyl (C=O) groups excluding carboxylic acids is 1. The molecular formula is C14H12ClFN2O. The second kappa shape index (κ2) is 5.80. The highest BCUT2D eigenvalue weighted by molar-refractivity contribution is 6.31. The number of aromatic nitrogens is 1. The number of nitrogens with zero attached hydrogens (tertiary/aromatic N) is 1. The molecule has 0 aliphatic heterocycles. The maximum atomic E-state index is 12.9. The van der Waals surface area contributed by atoms with Gasteiger partial charge < -0.3 is 5.32 Å². The molecule has 0 aliphatic carbocycles. The van der Waals surface area contributed by atoms with E-state index in [1.165, 1.54) is 6.07 Å². The smallest absolute Gasteiger partial charge is 0.270 e. The summed E-state index contributed by atoms with van der Waals surface area (Å²) in [7, 11) is 0. The molecule has 98 valence electrons. The minimum absolute atomic E-state index is 0.216. The molecule has 0 saturated heterocycles. The average molecular weight is 279 g/mol. The Labute approximate surface area is 115 Å². The summed E-state index contributed by atoms with van der Waals surface area (Å²) in [5.74, 6) is -0.808. The minimum atomic E-state index is -0.458. The first-order chi connectivity index (χ1) is 9.08. The molecule has 5 heteroatoms. The van der Waals surface area contributed by atoms with Crippen LogP contribution in [-0.4, -0.2) is 10.9 Å². The molecule has 2 rings (SSSR count).